The molecule has 118 valence electrons. The van der Waals surface area contributed by atoms with E-state index in [1.165, 1.54) is 36.7 Å². The molecule has 0 aliphatic carbocycles. The van der Waals surface area contributed by atoms with Crippen LogP contribution in [0.3, 0.4) is 0 Å². The molecule has 0 spiro atoms. The first-order valence-corrected chi connectivity index (χ1v) is 7.69. The standard InChI is InChI=1S/C16H13FN2O3S/c1-8(16(21)22)19-7-18-14-13(15(19)20)12(9(2)23-14)10-3-5-11(17)6-4-10/h3-8H,1-2H3,(H,21,22)/p-1. The van der Waals surface area contributed by atoms with Crippen LogP contribution in [0.4, 0.5) is 4.39 Å². The van der Waals surface area contributed by atoms with E-state index < -0.39 is 17.6 Å². The number of carboxylic acids is 1. The van der Waals surface area contributed by atoms with Gasteiger partial charge in [-0.15, -0.1) is 11.3 Å². The Hall–Kier alpha value is -2.54. The molecule has 1 aromatic carbocycles. The number of rotatable bonds is 3. The maximum atomic E-state index is 13.1. The number of carbonyl (C=O) groups excluding carboxylic acids is 1. The summed E-state index contributed by atoms with van der Waals surface area (Å²) in [6, 6.07) is 4.68. The highest BCUT2D eigenvalue weighted by atomic mass is 32.1. The number of halogens is 1. The van der Waals surface area contributed by atoms with Crippen molar-refractivity contribution in [3.63, 3.8) is 0 Å². The number of carboxylic acid groups (broad SMARTS) is 1. The van der Waals surface area contributed by atoms with Crippen LogP contribution in [0.15, 0.2) is 35.4 Å². The minimum absolute atomic E-state index is 0.342. The van der Waals surface area contributed by atoms with Gasteiger partial charge < -0.3 is 9.90 Å². The number of aryl methyl sites for hydroxylation is 1. The molecule has 2 heterocycles. The Kier molecular flexibility index (Phi) is 3.73. The molecule has 1 unspecified atom stereocenters. The maximum Gasteiger partial charge on any atom is 0.263 e. The van der Waals surface area contributed by atoms with Gasteiger partial charge in [-0.3, -0.25) is 9.36 Å². The maximum absolute atomic E-state index is 13.1. The normalized spacial score (nSPS) is 12.5. The van der Waals surface area contributed by atoms with Gasteiger partial charge in [0.15, 0.2) is 0 Å². The molecule has 0 amide bonds. The van der Waals surface area contributed by atoms with Gasteiger partial charge in [-0.2, -0.15) is 0 Å². The van der Waals surface area contributed by atoms with E-state index in [-0.39, 0.29) is 5.82 Å². The van der Waals surface area contributed by atoms with E-state index in [4.69, 9.17) is 0 Å². The Morgan fingerprint density at radius 1 is 1.35 bits per heavy atom. The molecule has 0 saturated carbocycles. The lowest BCUT2D eigenvalue weighted by molar-refractivity contribution is -0.309. The smallest absolute Gasteiger partial charge is 0.263 e. The monoisotopic (exact) mass is 331 g/mol. The molecule has 23 heavy (non-hydrogen) atoms. The highest BCUT2D eigenvalue weighted by Gasteiger charge is 2.19. The van der Waals surface area contributed by atoms with E-state index in [0.29, 0.717) is 21.3 Å². The summed E-state index contributed by atoms with van der Waals surface area (Å²) in [6.07, 6.45) is 1.22. The number of nitrogens with zero attached hydrogens (tertiary/aromatic N) is 2. The van der Waals surface area contributed by atoms with Gasteiger partial charge in [0.05, 0.1) is 23.7 Å². The summed E-state index contributed by atoms with van der Waals surface area (Å²) in [5.41, 5.74) is 0.894. The van der Waals surface area contributed by atoms with E-state index in [1.807, 2.05) is 6.92 Å². The van der Waals surface area contributed by atoms with E-state index in [2.05, 4.69) is 4.98 Å². The summed E-state index contributed by atoms with van der Waals surface area (Å²) in [6.45, 7) is 3.21. The van der Waals surface area contributed by atoms with Crippen molar-refractivity contribution >= 4 is 27.5 Å². The number of carbonyl (C=O) groups is 1. The number of aliphatic carboxylic acids is 1. The summed E-state index contributed by atoms with van der Waals surface area (Å²) in [7, 11) is 0. The van der Waals surface area contributed by atoms with Gasteiger partial charge in [0.25, 0.3) is 5.56 Å². The number of hydrogen-bond donors (Lipinski definition) is 0. The van der Waals surface area contributed by atoms with Gasteiger partial charge in [0.1, 0.15) is 10.6 Å². The molecular formula is C16H12FN2O3S-. The third-order valence-electron chi connectivity index (χ3n) is 3.70. The number of aromatic nitrogens is 2. The molecule has 3 aromatic rings. The molecule has 0 saturated heterocycles. The van der Waals surface area contributed by atoms with Crippen molar-refractivity contribution in [3.05, 3.63) is 51.6 Å². The lowest BCUT2D eigenvalue weighted by Gasteiger charge is -2.15. The predicted molar refractivity (Wildman–Crippen MR) is 83.7 cm³/mol. The molecule has 2 aromatic heterocycles. The first-order chi connectivity index (χ1) is 10.9. The van der Waals surface area contributed by atoms with Crippen LogP contribution in [0.1, 0.15) is 17.8 Å². The van der Waals surface area contributed by atoms with Crippen LogP contribution >= 0.6 is 11.3 Å². The summed E-state index contributed by atoms with van der Waals surface area (Å²) in [4.78, 5) is 29.3. The van der Waals surface area contributed by atoms with Crippen LogP contribution in [0.5, 0.6) is 0 Å². The minimum atomic E-state index is -1.36. The van der Waals surface area contributed by atoms with Crippen LogP contribution in [0.2, 0.25) is 0 Å². The third-order valence-corrected chi connectivity index (χ3v) is 4.72. The molecule has 3 rings (SSSR count). The predicted octanol–water partition coefficient (Wildman–Crippen LogP) is 1.88. The lowest BCUT2D eigenvalue weighted by Crippen LogP contribution is -2.36. The number of fused-ring (bicyclic) bond motifs is 1. The zero-order valence-corrected chi connectivity index (χ0v) is 13.2. The molecular weight excluding hydrogens is 319 g/mol. The summed E-state index contributed by atoms with van der Waals surface area (Å²) in [5, 5.41) is 11.4. The number of thiophene rings is 1. The second kappa shape index (κ2) is 5.58. The van der Waals surface area contributed by atoms with Crippen molar-refractivity contribution in [1.82, 2.24) is 9.55 Å². The summed E-state index contributed by atoms with van der Waals surface area (Å²) >= 11 is 1.34. The van der Waals surface area contributed by atoms with Crippen LogP contribution in [0, 0.1) is 12.7 Å². The van der Waals surface area contributed by atoms with Crippen LogP contribution in [-0.2, 0) is 4.79 Å². The van der Waals surface area contributed by atoms with E-state index in [1.54, 1.807) is 12.1 Å². The highest BCUT2D eigenvalue weighted by Crippen LogP contribution is 2.35. The van der Waals surface area contributed by atoms with Gasteiger partial charge in [-0.05, 0) is 31.5 Å². The Morgan fingerprint density at radius 3 is 2.61 bits per heavy atom. The van der Waals surface area contributed by atoms with E-state index in [0.717, 1.165) is 9.44 Å². The van der Waals surface area contributed by atoms with E-state index in [9.17, 15) is 19.1 Å². The first-order valence-electron chi connectivity index (χ1n) is 6.87. The summed E-state index contributed by atoms with van der Waals surface area (Å²) in [5.74, 6) is -1.73. The summed E-state index contributed by atoms with van der Waals surface area (Å²) < 4.78 is 14.2. The van der Waals surface area contributed by atoms with Crippen molar-refractivity contribution < 1.29 is 14.3 Å². The van der Waals surface area contributed by atoms with Gasteiger partial charge in [0.2, 0.25) is 0 Å². The fourth-order valence-corrected chi connectivity index (χ4v) is 3.47. The van der Waals surface area contributed by atoms with Crippen molar-refractivity contribution in [2.45, 2.75) is 19.9 Å². The lowest BCUT2D eigenvalue weighted by atomic mass is 10.0. The second-order valence-corrected chi connectivity index (χ2v) is 6.38. The fourth-order valence-electron chi connectivity index (χ4n) is 2.47. The minimum Gasteiger partial charge on any atom is -0.548 e. The average Bonchev–Trinajstić information content (AvgIpc) is 2.85. The van der Waals surface area contributed by atoms with Gasteiger partial charge >= 0.3 is 0 Å². The van der Waals surface area contributed by atoms with E-state index >= 15 is 0 Å². The van der Waals surface area contributed by atoms with Gasteiger partial charge in [-0.25, -0.2) is 9.37 Å². The molecule has 0 N–H and O–H groups in total. The van der Waals surface area contributed by atoms with Crippen LogP contribution in [-0.4, -0.2) is 15.5 Å². The first kappa shape index (κ1) is 15.4. The topological polar surface area (TPSA) is 75.0 Å². The molecule has 5 nitrogen and oxygen atoms in total. The van der Waals surface area contributed by atoms with Crippen molar-refractivity contribution in [2.24, 2.45) is 0 Å². The highest BCUT2D eigenvalue weighted by molar-refractivity contribution is 7.19. The fraction of sp³-hybridized carbons (Fsp3) is 0.188. The van der Waals surface area contributed by atoms with Crippen LogP contribution < -0.4 is 10.7 Å². The molecule has 1 atom stereocenters. The Bertz CT molecular complexity index is 960. The van der Waals surface area contributed by atoms with Crippen LogP contribution in [0.25, 0.3) is 21.3 Å². The SMILES string of the molecule is Cc1sc2ncn(C(C)C(=O)[O-])c(=O)c2c1-c1ccc(F)cc1. The van der Waals surface area contributed by atoms with Crippen molar-refractivity contribution in [2.75, 3.05) is 0 Å². The average molecular weight is 331 g/mol. The Balaban J connectivity index is 2.32. The van der Waals surface area contributed by atoms with Gasteiger partial charge in [-0.1, -0.05) is 12.1 Å². The Labute approximate surface area is 134 Å². The molecule has 0 aliphatic heterocycles. The molecule has 7 heteroatoms. The number of hydrogen-bond acceptors (Lipinski definition) is 5. The second-order valence-electron chi connectivity index (χ2n) is 5.17. The van der Waals surface area contributed by atoms with Crippen molar-refractivity contribution in [3.8, 4) is 11.1 Å². The zero-order chi connectivity index (χ0) is 16.7. The molecule has 0 aliphatic rings. The van der Waals surface area contributed by atoms with Crippen molar-refractivity contribution in [1.29, 1.82) is 0 Å². The largest absolute Gasteiger partial charge is 0.548 e. The molecule has 0 fully saturated rings. The molecule has 0 bridgehead atoms. The Morgan fingerprint density at radius 2 is 2.00 bits per heavy atom. The third kappa shape index (κ3) is 2.53. The quantitative estimate of drug-likeness (QED) is 0.734. The van der Waals surface area contributed by atoms with Gasteiger partial charge in [0, 0.05) is 10.4 Å². The number of benzene rings is 1. The zero-order valence-electron chi connectivity index (χ0n) is 12.4. The molecule has 0 radical (unpaired) electrons.